The van der Waals surface area contributed by atoms with Crippen molar-refractivity contribution in [3.63, 3.8) is 0 Å². The van der Waals surface area contributed by atoms with Crippen LogP contribution in [0.15, 0.2) is 18.5 Å². The summed E-state index contributed by atoms with van der Waals surface area (Å²) in [7, 11) is 3.72. The van der Waals surface area contributed by atoms with E-state index in [1.54, 1.807) is 15.6 Å². The molecule has 2 rings (SSSR count). The Kier molecular flexibility index (Phi) is 1.58. The quantitative estimate of drug-likeness (QED) is 0.686. The largest absolute Gasteiger partial charge is 0.396 e. The van der Waals surface area contributed by atoms with E-state index in [2.05, 4.69) is 10.2 Å². The lowest BCUT2D eigenvalue weighted by Crippen LogP contribution is -1.97. The summed E-state index contributed by atoms with van der Waals surface area (Å²) in [6.07, 6.45) is 3.51. The molecule has 0 saturated carbocycles. The molecule has 68 valence electrons. The minimum atomic E-state index is 0.654. The number of nitrogens with two attached hydrogens (primary N) is 1. The van der Waals surface area contributed by atoms with Gasteiger partial charge in [0.05, 0.1) is 11.9 Å². The highest BCUT2D eigenvalue weighted by Crippen LogP contribution is 2.22. The maximum absolute atomic E-state index is 5.75. The highest BCUT2D eigenvalue weighted by atomic mass is 15.3. The number of anilines is 1. The molecule has 2 heterocycles. The number of hydrogen-bond acceptors (Lipinski definition) is 3. The second-order valence-electron chi connectivity index (χ2n) is 2.95. The molecule has 5 nitrogen and oxygen atoms in total. The van der Waals surface area contributed by atoms with Gasteiger partial charge in [-0.25, -0.2) is 0 Å². The van der Waals surface area contributed by atoms with Gasteiger partial charge in [-0.1, -0.05) is 0 Å². The van der Waals surface area contributed by atoms with E-state index in [9.17, 15) is 0 Å². The van der Waals surface area contributed by atoms with Gasteiger partial charge in [0.1, 0.15) is 11.4 Å². The molecule has 0 spiro atoms. The molecule has 0 saturated heterocycles. The molecule has 5 heteroatoms. The van der Waals surface area contributed by atoms with Crippen molar-refractivity contribution in [2.24, 2.45) is 14.1 Å². The average Bonchev–Trinajstić information content (AvgIpc) is 2.60. The van der Waals surface area contributed by atoms with Crippen LogP contribution in [0.1, 0.15) is 0 Å². The third-order valence-corrected chi connectivity index (χ3v) is 1.92. The van der Waals surface area contributed by atoms with Crippen LogP contribution in [-0.2, 0) is 14.1 Å². The lowest BCUT2D eigenvalue weighted by Gasteiger charge is -1.98. The molecule has 0 fully saturated rings. The molecule has 13 heavy (non-hydrogen) atoms. The summed E-state index contributed by atoms with van der Waals surface area (Å²) >= 11 is 0. The molecule has 2 aromatic rings. The molecule has 0 aliphatic heterocycles. The fraction of sp³-hybridized carbons (Fsp3) is 0.250. The number of hydrogen-bond donors (Lipinski definition) is 1. The van der Waals surface area contributed by atoms with Gasteiger partial charge in [0, 0.05) is 20.3 Å². The van der Waals surface area contributed by atoms with Gasteiger partial charge in [-0.05, 0) is 6.07 Å². The van der Waals surface area contributed by atoms with Crippen LogP contribution in [0.2, 0.25) is 0 Å². The molecule has 0 unspecified atom stereocenters. The first-order valence-electron chi connectivity index (χ1n) is 3.96. The molecule has 0 radical (unpaired) electrons. The van der Waals surface area contributed by atoms with Crippen LogP contribution in [0.25, 0.3) is 11.4 Å². The monoisotopic (exact) mass is 177 g/mol. The molecule has 2 aromatic heterocycles. The van der Waals surface area contributed by atoms with Crippen LogP contribution in [-0.4, -0.2) is 19.6 Å². The van der Waals surface area contributed by atoms with Crippen LogP contribution in [0.5, 0.6) is 0 Å². The molecule has 0 aliphatic rings. The summed E-state index contributed by atoms with van der Waals surface area (Å²) in [6.45, 7) is 0. The zero-order chi connectivity index (χ0) is 9.42. The second-order valence-corrected chi connectivity index (χ2v) is 2.95. The summed E-state index contributed by atoms with van der Waals surface area (Å²) in [5.41, 5.74) is 8.11. The summed E-state index contributed by atoms with van der Waals surface area (Å²) < 4.78 is 3.46. The molecule has 0 atom stereocenters. The maximum atomic E-state index is 5.75. The van der Waals surface area contributed by atoms with Gasteiger partial charge in [-0.3, -0.25) is 9.36 Å². The average molecular weight is 177 g/mol. The van der Waals surface area contributed by atoms with Gasteiger partial charge in [0.25, 0.3) is 0 Å². The zero-order valence-electron chi connectivity index (χ0n) is 7.60. The lowest BCUT2D eigenvalue weighted by molar-refractivity contribution is 0.749. The van der Waals surface area contributed by atoms with Crippen molar-refractivity contribution in [3.8, 4) is 11.4 Å². The topological polar surface area (TPSA) is 61.7 Å². The van der Waals surface area contributed by atoms with Crippen LogP contribution in [0.3, 0.4) is 0 Å². The molecule has 0 aliphatic carbocycles. The smallest absolute Gasteiger partial charge is 0.112 e. The van der Waals surface area contributed by atoms with Crippen molar-refractivity contribution in [1.29, 1.82) is 0 Å². The molecular weight excluding hydrogens is 166 g/mol. The Morgan fingerprint density at radius 2 is 2.15 bits per heavy atom. The van der Waals surface area contributed by atoms with Crippen molar-refractivity contribution in [2.45, 2.75) is 0 Å². The summed E-state index contributed by atoms with van der Waals surface area (Å²) in [4.78, 5) is 0. The first-order chi connectivity index (χ1) is 6.18. The highest BCUT2D eigenvalue weighted by Gasteiger charge is 2.09. The normalized spacial score (nSPS) is 10.6. The molecule has 0 aromatic carbocycles. The van der Waals surface area contributed by atoms with E-state index < -0.39 is 0 Å². The van der Waals surface area contributed by atoms with Crippen molar-refractivity contribution in [2.75, 3.05) is 5.73 Å². The minimum Gasteiger partial charge on any atom is -0.396 e. The Labute approximate surface area is 75.8 Å². The Hall–Kier alpha value is -1.78. The van der Waals surface area contributed by atoms with Gasteiger partial charge in [0.2, 0.25) is 0 Å². The second kappa shape index (κ2) is 2.62. The predicted molar refractivity (Wildman–Crippen MR) is 49.8 cm³/mol. The van der Waals surface area contributed by atoms with Gasteiger partial charge < -0.3 is 5.73 Å². The number of nitrogens with zero attached hydrogens (tertiary/aromatic N) is 4. The lowest BCUT2D eigenvalue weighted by atomic mass is 10.3. The number of aryl methyl sites for hydroxylation is 2. The Bertz CT molecular complexity index is 406. The minimum absolute atomic E-state index is 0.654. The van der Waals surface area contributed by atoms with E-state index in [1.807, 2.05) is 26.4 Å². The first-order valence-corrected chi connectivity index (χ1v) is 3.96. The number of nitrogen functional groups attached to an aromatic ring is 1. The standard InChI is InChI=1S/C8H11N5/c1-12-4-3-7(11-12)8-6(9)5-10-13(8)2/h3-5H,9H2,1-2H3. The van der Waals surface area contributed by atoms with Crippen LogP contribution < -0.4 is 5.73 Å². The third-order valence-electron chi connectivity index (χ3n) is 1.92. The van der Waals surface area contributed by atoms with Crippen molar-refractivity contribution in [3.05, 3.63) is 18.5 Å². The Morgan fingerprint density at radius 1 is 1.38 bits per heavy atom. The van der Waals surface area contributed by atoms with E-state index in [-0.39, 0.29) is 0 Å². The molecule has 0 bridgehead atoms. The van der Waals surface area contributed by atoms with Crippen LogP contribution in [0, 0.1) is 0 Å². The van der Waals surface area contributed by atoms with E-state index in [0.29, 0.717) is 5.69 Å². The molecule has 2 N–H and O–H groups in total. The summed E-state index contributed by atoms with van der Waals surface area (Å²) in [5, 5.41) is 8.29. The fourth-order valence-corrected chi connectivity index (χ4v) is 1.31. The number of rotatable bonds is 1. The number of aromatic nitrogens is 4. The van der Waals surface area contributed by atoms with E-state index in [0.717, 1.165) is 11.4 Å². The van der Waals surface area contributed by atoms with E-state index >= 15 is 0 Å². The first kappa shape index (κ1) is 7.85. The SMILES string of the molecule is Cn1ccc(-c2c(N)cnn2C)n1. The summed E-state index contributed by atoms with van der Waals surface area (Å²) in [5.74, 6) is 0. The fourth-order valence-electron chi connectivity index (χ4n) is 1.31. The predicted octanol–water partition coefficient (Wildman–Crippen LogP) is 0.403. The van der Waals surface area contributed by atoms with Gasteiger partial charge in [-0.2, -0.15) is 10.2 Å². The zero-order valence-corrected chi connectivity index (χ0v) is 7.60. The van der Waals surface area contributed by atoms with Crippen molar-refractivity contribution < 1.29 is 0 Å². The Balaban J connectivity index is 2.57. The van der Waals surface area contributed by atoms with Gasteiger partial charge >= 0.3 is 0 Å². The third kappa shape index (κ3) is 1.18. The van der Waals surface area contributed by atoms with Gasteiger partial charge in [-0.15, -0.1) is 0 Å². The maximum Gasteiger partial charge on any atom is 0.112 e. The van der Waals surface area contributed by atoms with Crippen molar-refractivity contribution in [1.82, 2.24) is 19.6 Å². The highest BCUT2D eigenvalue weighted by molar-refractivity contribution is 5.69. The molecular formula is C8H11N5. The van der Waals surface area contributed by atoms with Gasteiger partial charge in [0.15, 0.2) is 0 Å². The van der Waals surface area contributed by atoms with Crippen molar-refractivity contribution >= 4 is 5.69 Å². The van der Waals surface area contributed by atoms with E-state index in [1.165, 1.54) is 0 Å². The Morgan fingerprint density at radius 3 is 2.62 bits per heavy atom. The van der Waals surface area contributed by atoms with E-state index in [4.69, 9.17) is 5.73 Å². The summed E-state index contributed by atoms with van der Waals surface area (Å²) in [6, 6.07) is 1.91. The van der Waals surface area contributed by atoms with Crippen LogP contribution in [0.4, 0.5) is 5.69 Å². The molecule has 0 amide bonds. The van der Waals surface area contributed by atoms with Crippen LogP contribution >= 0.6 is 0 Å².